The van der Waals surface area contributed by atoms with E-state index in [-0.39, 0.29) is 0 Å². The summed E-state index contributed by atoms with van der Waals surface area (Å²) < 4.78 is 2.06. The summed E-state index contributed by atoms with van der Waals surface area (Å²) in [7, 11) is 0. The Bertz CT molecular complexity index is 450. The summed E-state index contributed by atoms with van der Waals surface area (Å²) in [6.45, 7) is 3.86. The van der Waals surface area contributed by atoms with Gasteiger partial charge < -0.3 is 15.6 Å². The number of aromatic nitrogens is 2. The zero-order valence-corrected chi connectivity index (χ0v) is 10.0. The molecule has 1 aromatic carbocycles. The van der Waals surface area contributed by atoms with Crippen molar-refractivity contribution in [3.8, 4) is 0 Å². The lowest BCUT2D eigenvalue weighted by atomic mass is 10.1. The summed E-state index contributed by atoms with van der Waals surface area (Å²) in [5.41, 5.74) is 7.87. The molecule has 3 N–H and O–H groups in total. The van der Waals surface area contributed by atoms with Crippen LogP contribution in [0.15, 0.2) is 43.0 Å². The van der Waals surface area contributed by atoms with Crippen LogP contribution in [0, 0.1) is 0 Å². The number of nitrogens with zero attached hydrogens (tertiary/aromatic N) is 2. The highest BCUT2D eigenvalue weighted by Crippen LogP contribution is 2.10. The first-order chi connectivity index (χ1) is 8.25. The topological polar surface area (TPSA) is 55.9 Å². The molecule has 1 heterocycles. The Balaban J connectivity index is 1.84. The molecule has 0 amide bonds. The van der Waals surface area contributed by atoms with Crippen LogP contribution in [0.5, 0.6) is 0 Å². The van der Waals surface area contributed by atoms with Crippen LogP contribution in [-0.4, -0.2) is 15.6 Å². The highest BCUT2D eigenvalue weighted by atomic mass is 15.1. The zero-order valence-electron chi connectivity index (χ0n) is 10.0. The molecule has 0 radical (unpaired) electrons. The second-order valence-electron chi connectivity index (χ2n) is 4.24. The van der Waals surface area contributed by atoms with Gasteiger partial charge in [-0.25, -0.2) is 4.98 Å². The largest absolute Gasteiger partial charge is 0.398 e. The summed E-state index contributed by atoms with van der Waals surface area (Å²) in [6, 6.07) is 8.31. The second-order valence-corrected chi connectivity index (χ2v) is 4.24. The van der Waals surface area contributed by atoms with Crippen LogP contribution in [0.3, 0.4) is 0 Å². The maximum absolute atomic E-state index is 5.89. The molecule has 0 aliphatic heterocycles. The summed E-state index contributed by atoms with van der Waals surface area (Å²) in [5.74, 6) is 0. The molecule has 1 unspecified atom stereocenters. The monoisotopic (exact) mass is 230 g/mol. The van der Waals surface area contributed by atoms with Gasteiger partial charge in [-0.1, -0.05) is 18.2 Å². The van der Waals surface area contributed by atoms with Gasteiger partial charge in [0.05, 0.1) is 6.33 Å². The smallest absolute Gasteiger partial charge is 0.0946 e. The molecule has 4 nitrogen and oxygen atoms in total. The van der Waals surface area contributed by atoms with Gasteiger partial charge in [-0.15, -0.1) is 0 Å². The Kier molecular flexibility index (Phi) is 3.77. The van der Waals surface area contributed by atoms with Gasteiger partial charge in [-0.05, 0) is 18.6 Å². The molecular formula is C13H18N4. The van der Waals surface area contributed by atoms with E-state index in [0.717, 1.165) is 24.3 Å². The molecule has 90 valence electrons. The van der Waals surface area contributed by atoms with E-state index in [9.17, 15) is 0 Å². The SMILES string of the molecule is CC(Cn1ccnc1)NCc1ccccc1N. The molecule has 0 fully saturated rings. The number of nitrogen functional groups attached to an aromatic ring is 1. The van der Waals surface area contributed by atoms with Gasteiger partial charge in [0.15, 0.2) is 0 Å². The van der Waals surface area contributed by atoms with E-state index in [1.165, 1.54) is 0 Å². The first kappa shape index (κ1) is 11.7. The lowest BCUT2D eigenvalue weighted by Gasteiger charge is -2.15. The predicted molar refractivity (Wildman–Crippen MR) is 69.4 cm³/mol. The van der Waals surface area contributed by atoms with Crippen LogP contribution in [0.25, 0.3) is 0 Å². The Morgan fingerprint density at radius 1 is 1.41 bits per heavy atom. The van der Waals surface area contributed by atoms with Crippen LogP contribution in [0.1, 0.15) is 12.5 Å². The van der Waals surface area contributed by atoms with Gasteiger partial charge in [0.25, 0.3) is 0 Å². The number of imidazole rings is 1. The highest BCUT2D eigenvalue weighted by Gasteiger charge is 2.03. The summed E-state index contributed by atoms with van der Waals surface area (Å²) >= 11 is 0. The van der Waals surface area contributed by atoms with Gasteiger partial charge in [-0.2, -0.15) is 0 Å². The molecule has 0 saturated carbocycles. The first-order valence-corrected chi connectivity index (χ1v) is 5.78. The van der Waals surface area contributed by atoms with E-state index in [0.29, 0.717) is 6.04 Å². The number of hydrogen-bond acceptors (Lipinski definition) is 3. The molecular weight excluding hydrogens is 212 g/mol. The Labute approximate surface area is 101 Å². The average molecular weight is 230 g/mol. The minimum absolute atomic E-state index is 0.379. The summed E-state index contributed by atoms with van der Waals surface area (Å²) in [4.78, 5) is 4.02. The van der Waals surface area contributed by atoms with Crippen molar-refractivity contribution < 1.29 is 0 Å². The number of nitrogens with one attached hydrogen (secondary N) is 1. The van der Waals surface area contributed by atoms with Crippen molar-refractivity contribution in [3.05, 3.63) is 48.5 Å². The van der Waals surface area contributed by atoms with E-state index in [4.69, 9.17) is 5.73 Å². The maximum Gasteiger partial charge on any atom is 0.0946 e. The summed E-state index contributed by atoms with van der Waals surface area (Å²) in [5, 5.41) is 3.45. The molecule has 17 heavy (non-hydrogen) atoms. The third kappa shape index (κ3) is 3.32. The molecule has 4 heteroatoms. The Morgan fingerprint density at radius 3 is 2.94 bits per heavy atom. The van der Waals surface area contributed by atoms with Crippen LogP contribution >= 0.6 is 0 Å². The lowest BCUT2D eigenvalue weighted by molar-refractivity contribution is 0.476. The zero-order chi connectivity index (χ0) is 12.1. The minimum atomic E-state index is 0.379. The van der Waals surface area contributed by atoms with Crippen molar-refractivity contribution in [2.75, 3.05) is 5.73 Å². The first-order valence-electron chi connectivity index (χ1n) is 5.78. The lowest BCUT2D eigenvalue weighted by Crippen LogP contribution is -2.29. The molecule has 2 aromatic rings. The van der Waals surface area contributed by atoms with Crippen molar-refractivity contribution in [2.45, 2.75) is 26.1 Å². The normalized spacial score (nSPS) is 12.5. The van der Waals surface area contributed by atoms with E-state index in [1.807, 2.05) is 36.8 Å². The van der Waals surface area contributed by atoms with E-state index >= 15 is 0 Å². The van der Waals surface area contributed by atoms with Crippen LogP contribution < -0.4 is 11.1 Å². The van der Waals surface area contributed by atoms with Gasteiger partial charge >= 0.3 is 0 Å². The van der Waals surface area contributed by atoms with Crippen molar-refractivity contribution in [2.24, 2.45) is 0 Å². The number of benzene rings is 1. The molecule has 0 spiro atoms. The third-order valence-electron chi connectivity index (χ3n) is 2.74. The van der Waals surface area contributed by atoms with E-state index < -0.39 is 0 Å². The van der Waals surface area contributed by atoms with Crippen molar-refractivity contribution >= 4 is 5.69 Å². The van der Waals surface area contributed by atoms with Crippen molar-refractivity contribution in [1.29, 1.82) is 0 Å². The number of rotatable bonds is 5. The number of para-hydroxylation sites is 1. The molecule has 0 aliphatic carbocycles. The maximum atomic E-state index is 5.89. The fourth-order valence-corrected chi connectivity index (χ4v) is 1.75. The molecule has 0 bridgehead atoms. The molecule has 0 aliphatic rings. The van der Waals surface area contributed by atoms with Crippen molar-refractivity contribution in [1.82, 2.24) is 14.9 Å². The second kappa shape index (κ2) is 5.50. The Morgan fingerprint density at radius 2 is 2.24 bits per heavy atom. The molecule has 0 saturated heterocycles. The quantitative estimate of drug-likeness (QED) is 0.768. The summed E-state index contributed by atoms with van der Waals surface area (Å²) in [6.07, 6.45) is 5.59. The number of nitrogens with two attached hydrogens (primary N) is 1. The standard InChI is InChI=1S/C13H18N4/c1-11(9-17-7-6-15-10-17)16-8-12-4-2-3-5-13(12)14/h2-7,10-11,16H,8-9,14H2,1H3. The van der Waals surface area contributed by atoms with Crippen molar-refractivity contribution in [3.63, 3.8) is 0 Å². The van der Waals surface area contributed by atoms with E-state index in [2.05, 4.69) is 21.8 Å². The minimum Gasteiger partial charge on any atom is -0.398 e. The van der Waals surface area contributed by atoms with Crippen LogP contribution in [-0.2, 0) is 13.1 Å². The third-order valence-corrected chi connectivity index (χ3v) is 2.74. The number of anilines is 1. The Hall–Kier alpha value is -1.81. The fraction of sp³-hybridized carbons (Fsp3) is 0.308. The van der Waals surface area contributed by atoms with Crippen LogP contribution in [0.4, 0.5) is 5.69 Å². The van der Waals surface area contributed by atoms with Gasteiger partial charge in [-0.3, -0.25) is 0 Å². The van der Waals surface area contributed by atoms with Crippen LogP contribution in [0.2, 0.25) is 0 Å². The van der Waals surface area contributed by atoms with E-state index in [1.54, 1.807) is 6.20 Å². The fourth-order valence-electron chi connectivity index (χ4n) is 1.75. The number of hydrogen-bond donors (Lipinski definition) is 2. The highest BCUT2D eigenvalue weighted by molar-refractivity contribution is 5.46. The van der Waals surface area contributed by atoms with Gasteiger partial charge in [0.2, 0.25) is 0 Å². The average Bonchev–Trinajstić information content (AvgIpc) is 2.81. The predicted octanol–water partition coefficient (Wildman–Crippen LogP) is 1.64. The molecule has 2 rings (SSSR count). The molecule has 1 atom stereocenters. The van der Waals surface area contributed by atoms with Gasteiger partial charge in [0.1, 0.15) is 0 Å². The molecule has 1 aromatic heterocycles. The van der Waals surface area contributed by atoms with Gasteiger partial charge in [0, 0.05) is 37.2 Å².